The van der Waals surface area contributed by atoms with Crippen LogP contribution in [0.25, 0.3) is 0 Å². The van der Waals surface area contributed by atoms with E-state index in [4.69, 9.17) is 4.74 Å². The SMILES string of the molecule is C[N+]1(CCc2ccccn2)CCCC1COC(=O)C(O)(c1ccccc1)C1CCCC1. The van der Waals surface area contributed by atoms with Gasteiger partial charge in [-0.3, -0.25) is 4.98 Å². The molecule has 1 aromatic carbocycles. The van der Waals surface area contributed by atoms with Gasteiger partial charge < -0.3 is 14.3 Å². The van der Waals surface area contributed by atoms with Crippen LogP contribution in [-0.2, 0) is 21.6 Å². The number of rotatable bonds is 8. The number of pyridine rings is 1. The van der Waals surface area contributed by atoms with Gasteiger partial charge >= 0.3 is 5.97 Å². The fourth-order valence-corrected chi connectivity index (χ4v) is 5.49. The Balaban J connectivity index is 1.43. The van der Waals surface area contributed by atoms with E-state index in [1.54, 1.807) is 0 Å². The fourth-order valence-electron chi connectivity index (χ4n) is 5.49. The molecular formula is C26H35N2O3+. The molecule has 1 aromatic heterocycles. The summed E-state index contributed by atoms with van der Waals surface area (Å²) in [6.07, 6.45) is 8.76. The quantitative estimate of drug-likeness (QED) is 0.517. The molecule has 31 heavy (non-hydrogen) atoms. The lowest BCUT2D eigenvalue weighted by molar-refractivity contribution is -0.921. The van der Waals surface area contributed by atoms with E-state index < -0.39 is 11.6 Å². The van der Waals surface area contributed by atoms with Gasteiger partial charge in [0.1, 0.15) is 12.6 Å². The monoisotopic (exact) mass is 423 g/mol. The van der Waals surface area contributed by atoms with Gasteiger partial charge in [0.05, 0.1) is 20.1 Å². The second-order valence-electron chi connectivity index (χ2n) is 9.51. The van der Waals surface area contributed by atoms with E-state index in [1.165, 1.54) is 0 Å². The van der Waals surface area contributed by atoms with Crippen molar-refractivity contribution in [3.05, 3.63) is 66.0 Å². The van der Waals surface area contributed by atoms with Crippen LogP contribution in [0.3, 0.4) is 0 Å². The molecule has 2 fully saturated rings. The van der Waals surface area contributed by atoms with E-state index in [0.29, 0.717) is 12.2 Å². The van der Waals surface area contributed by atoms with Gasteiger partial charge in [-0.05, 0) is 30.5 Å². The number of hydrogen-bond donors (Lipinski definition) is 1. The first-order chi connectivity index (χ1) is 15.0. The highest BCUT2D eigenvalue weighted by molar-refractivity contribution is 5.81. The van der Waals surface area contributed by atoms with Crippen LogP contribution in [0.4, 0.5) is 0 Å². The summed E-state index contributed by atoms with van der Waals surface area (Å²) < 4.78 is 6.77. The number of aromatic nitrogens is 1. The summed E-state index contributed by atoms with van der Waals surface area (Å²) in [5.41, 5.74) is 0.211. The van der Waals surface area contributed by atoms with Crippen molar-refractivity contribution in [1.29, 1.82) is 0 Å². The molecule has 2 aliphatic rings. The Hall–Kier alpha value is -2.24. The smallest absolute Gasteiger partial charge is 0.343 e. The molecule has 3 unspecified atom stereocenters. The van der Waals surface area contributed by atoms with Gasteiger partial charge in [-0.1, -0.05) is 49.2 Å². The molecule has 1 aliphatic carbocycles. The maximum Gasteiger partial charge on any atom is 0.343 e. The normalized spacial score (nSPS) is 25.9. The predicted molar refractivity (Wildman–Crippen MR) is 120 cm³/mol. The first-order valence-electron chi connectivity index (χ1n) is 11.7. The van der Waals surface area contributed by atoms with Crippen molar-refractivity contribution in [2.45, 2.75) is 56.6 Å². The number of quaternary nitrogens is 1. The average molecular weight is 424 g/mol. The molecule has 3 atom stereocenters. The Bertz CT molecular complexity index is 853. The van der Waals surface area contributed by atoms with E-state index in [0.717, 1.165) is 68.2 Å². The number of carbonyl (C=O) groups is 1. The molecule has 0 bridgehead atoms. The molecular weight excluding hydrogens is 388 g/mol. The maximum absolute atomic E-state index is 13.3. The highest BCUT2D eigenvalue weighted by atomic mass is 16.6. The molecule has 0 radical (unpaired) electrons. The second kappa shape index (κ2) is 9.49. The van der Waals surface area contributed by atoms with E-state index in [9.17, 15) is 9.90 Å². The van der Waals surface area contributed by atoms with Crippen molar-refractivity contribution in [3.8, 4) is 0 Å². The van der Waals surface area contributed by atoms with Crippen molar-refractivity contribution in [1.82, 2.24) is 4.98 Å². The van der Waals surface area contributed by atoms with E-state index in [-0.39, 0.29) is 12.0 Å². The van der Waals surface area contributed by atoms with Gasteiger partial charge in [0.15, 0.2) is 5.60 Å². The summed E-state index contributed by atoms with van der Waals surface area (Å²) in [4.78, 5) is 17.8. The van der Waals surface area contributed by atoms with E-state index >= 15 is 0 Å². The van der Waals surface area contributed by atoms with Crippen LogP contribution >= 0.6 is 0 Å². The second-order valence-corrected chi connectivity index (χ2v) is 9.51. The lowest BCUT2D eigenvalue weighted by atomic mass is 9.80. The van der Waals surface area contributed by atoms with Crippen LogP contribution in [0.5, 0.6) is 0 Å². The van der Waals surface area contributed by atoms with Gasteiger partial charge in [-0.2, -0.15) is 0 Å². The number of esters is 1. The molecule has 5 heteroatoms. The summed E-state index contributed by atoms with van der Waals surface area (Å²) in [6, 6.07) is 15.7. The topological polar surface area (TPSA) is 59.4 Å². The summed E-state index contributed by atoms with van der Waals surface area (Å²) in [5.74, 6) is -0.551. The van der Waals surface area contributed by atoms with Crippen molar-refractivity contribution in [2.75, 3.05) is 26.7 Å². The number of nitrogens with zero attached hydrogens (tertiary/aromatic N) is 2. The summed E-state index contributed by atoms with van der Waals surface area (Å²) in [6.45, 7) is 2.42. The number of benzene rings is 1. The van der Waals surface area contributed by atoms with Crippen LogP contribution < -0.4 is 0 Å². The Kier molecular flexibility index (Phi) is 6.73. The van der Waals surface area contributed by atoms with Gasteiger partial charge in [-0.25, -0.2) is 4.79 Å². The van der Waals surface area contributed by atoms with Gasteiger partial charge in [-0.15, -0.1) is 0 Å². The molecule has 1 saturated heterocycles. The first-order valence-corrected chi connectivity index (χ1v) is 11.7. The summed E-state index contributed by atoms with van der Waals surface area (Å²) in [7, 11) is 2.26. The van der Waals surface area contributed by atoms with Crippen LogP contribution in [0.2, 0.25) is 0 Å². The molecule has 1 N–H and O–H groups in total. The summed E-state index contributed by atoms with van der Waals surface area (Å²) >= 11 is 0. The Morgan fingerprint density at radius 2 is 1.84 bits per heavy atom. The minimum atomic E-state index is -1.55. The van der Waals surface area contributed by atoms with Crippen molar-refractivity contribution >= 4 is 5.97 Å². The molecule has 2 aromatic rings. The molecule has 1 saturated carbocycles. The third-order valence-electron chi connectivity index (χ3n) is 7.57. The lowest BCUT2D eigenvalue weighted by Gasteiger charge is -2.37. The van der Waals surface area contributed by atoms with Crippen LogP contribution in [0.1, 0.15) is 49.8 Å². The molecule has 2 heterocycles. The Labute approximate surface area is 185 Å². The minimum absolute atomic E-state index is 0.0731. The van der Waals surface area contributed by atoms with Crippen LogP contribution in [0.15, 0.2) is 54.7 Å². The molecule has 0 spiro atoms. The van der Waals surface area contributed by atoms with Crippen molar-refractivity contribution in [2.24, 2.45) is 5.92 Å². The van der Waals surface area contributed by atoms with E-state index in [2.05, 4.69) is 18.1 Å². The van der Waals surface area contributed by atoms with Crippen molar-refractivity contribution in [3.63, 3.8) is 0 Å². The average Bonchev–Trinajstić information content (AvgIpc) is 3.48. The maximum atomic E-state index is 13.3. The fraction of sp³-hybridized carbons (Fsp3) is 0.538. The number of ether oxygens (including phenoxy) is 1. The third kappa shape index (κ3) is 4.68. The zero-order valence-corrected chi connectivity index (χ0v) is 18.6. The highest BCUT2D eigenvalue weighted by Crippen LogP contribution is 2.41. The number of hydrogen-bond acceptors (Lipinski definition) is 4. The molecule has 4 rings (SSSR count). The Morgan fingerprint density at radius 3 is 2.55 bits per heavy atom. The number of carbonyl (C=O) groups excluding carboxylic acids is 1. The lowest BCUT2D eigenvalue weighted by Crippen LogP contribution is -2.52. The minimum Gasteiger partial charge on any atom is -0.457 e. The highest BCUT2D eigenvalue weighted by Gasteiger charge is 2.48. The van der Waals surface area contributed by atoms with Gasteiger partial charge in [0.25, 0.3) is 0 Å². The summed E-state index contributed by atoms with van der Waals surface area (Å²) in [5, 5.41) is 11.6. The third-order valence-corrected chi connectivity index (χ3v) is 7.57. The number of aliphatic hydroxyl groups is 1. The zero-order chi connectivity index (χ0) is 21.7. The Morgan fingerprint density at radius 1 is 1.10 bits per heavy atom. The van der Waals surface area contributed by atoms with Gasteiger partial charge in [0, 0.05) is 37.1 Å². The van der Waals surface area contributed by atoms with Crippen molar-refractivity contribution < 1.29 is 19.1 Å². The number of likely N-dealkylation sites (tertiary alicyclic amines) is 1. The predicted octanol–water partition coefficient (Wildman–Crippen LogP) is 3.85. The number of likely N-dealkylation sites (N-methyl/N-ethyl adjacent to an activating group) is 1. The van der Waals surface area contributed by atoms with Crippen LogP contribution in [0, 0.1) is 5.92 Å². The van der Waals surface area contributed by atoms with Gasteiger partial charge in [0.2, 0.25) is 0 Å². The first kappa shape index (κ1) is 22.0. The van der Waals surface area contributed by atoms with E-state index in [1.807, 2.05) is 48.7 Å². The zero-order valence-electron chi connectivity index (χ0n) is 18.6. The largest absolute Gasteiger partial charge is 0.457 e. The molecule has 166 valence electrons. The van der Waals surface area contributed by atoms with Crippen LogP contribution in [-0.4, -0.2) is 53.3 Å². The molecule has 0 amide bonds. The standard InChI is InChI=1S/C26H35N2O3/c1-28(19-16-23-14-7-8-17-27-23)18-9-15-24(28)20-31-25(29)26(30,22-12-5-6-13-22)21-10-3-2-4-11-21/h2-4,7-8,10-11,14,17,22,24,30H,5-6,9,12-13,15-16,18-20H2,1H3/q+1. The molecule has 5 nitrogen and oxygen atoms in total. The molecule has 1 aliphatic heterocycles.